The molecule has 0 atom stereocenters. The minimum absolute atomic E-state index is 0.00512. The lowest BCUT2D eigenvalue weighted by molar-refractivity contribution is -0.384. The van der Waals surface area contributed by atoms with Crippen LogP contribution in [0.4, 0.5) is 22.1 Å². The van der Waals surface area contributed by atoms with E-state index >= 15 is 0 Å². The molecule has 9 heteroatoms. The number of ether oxygens (including phenoxy) is 1. The zero-order chi connectivity index (χ0) is 21.8. The van der Waals surface area contributed by atoms with Crippen LogP contribution in [-0.4, -0.2) is 37.0 Å². The highest BCUT2D eigenvalue weighted by Gasteiger charge is 2.22. The smallest absolute Gasteiger partial charge is 0.269 e. The van der Waals surface area contributed by atoms with Gasteiger partial charge in [0, 0.05) is 30.8 Å². The predicted octanol–water partition coefficient (Wildman–Crippen LogP) is 5.45. The van der Waals surface area contributed by atoms with E-state index in [1.807, 2.05) is 31.2 Å². The third kappa shape index (κ3) is 4.84. The van der Waals surface area contributed by atoms with E-state index in [0.717, 1.165) is 10.6 Å². The number of carbonyl (C=O) groups is 1. The highest BCUT2D eigenvalue weighted by molar-refractivity contribution is 7.18. The predicted molar refractivity (Wildman–Crippen MR) is 119 cm³/mol. The molecule has 0 bridgehead atoms. The minimum atomic E-state index is -0.459. The van der Waals surface area contributed by atoms with E-state index in [-0.39, 0.29) is 11.5 Å². The number of nitrogens with zero attached hydrogens (tertiary/aromatic N) is 4. The molecule has 1 saturated heterocycles. The Morgan fingerprint density at radius 3 is 2.39 bits per heavy atom. The summed E-state index contributed by atoms with van der Waals surface area (Å²) in [6, 6.07) is 15.1. The molecule has 0 amide bonds. The molecule has 0 unspecified atom stereocenters. The fourth-order valence-corrected chi connectivity index (χ4v) is 4.25. The molecule has 0 aliphatic carbocycles. The van der Waals surface area contributed by atoms with E-state index in [0.29, 0.717) is 48.1 Å². The molecule has 2 heterocycles. The lowest BCUT2D eigenvalue weighted by Gasteiger charge is -2.27. The van der Waals surface area contributed by atoms with Gasteiger partial charge in [0.1, 0.15) is 10.7 Å². The lowest BCUT2D eigenvalue weighted by Crippen LogP contribution is -2.35. The van der Waals surface area contributed by atoms with Gasteiger partial charge in [0.25, 0.3) is 5.69 Å². The van der Waals surface area contributed by atoms with Crippen molar-refractivity contribution in [1.82, 2.24) is 0 Å². The third-order valence-corrected chi connectivity index (χ3v) is 6.05. The van der Waals surface area contributed by atoms with Crippen LogP contribution in [0.3, 0.4) is 0 Å². The van der Waals surface area contributed by atoms with Crippen LogP contribution < -0.4 is 4.90 Å². The molecule has 4 rings (SSSR count). The average molecular weight is 436 g/mol. The van der Waals surface area contributed by atoms with Gasteiger partial charge in [-0.05, 0) is 25.1 Å². The highest BCUT2D eigenvalue weighted by Crippen LogP contribution is 2.40. The minimum Gasteiger partial charge on any atom is -0.378 e. The molecule has 158 valence electrons. The standard InChI is InChI=1S/C22H20N4O4S/c1-15-2-4-16(5-3-15)21(27)20-14-19(22(31-20)25-10-12-30-13-11-25)24-23-17-6-8-18(9-7-17)26(28)29/h2-9,14H,10-13H2,1H3. The largest absolute Gasteiger partial charge is 0.378 e. The first-order chi connectivity index (χ1) is 15.0. The Kier molecular flexibility index (Phi) is 6.15. The molecule has 2 aromatic carbocycles. The third-order valence-electron chi connectivity index (χ3n) is 4.86. The number of hydrogen-bond acceptors (Lipinski definition) is 8. The summed E-state index contributed by atoms with van der Waals surface area (Å²) in [4.78, 5) is 26.1. The number of ketones is 1. The topological polar surface area (TPSA) is 97.4 Å². The Hall–Kier alpha value is -3.43. The van der Waals surface area contributed by atoms with Gasteiger partial charge < -0.3 is 9.64 Å². The maximum absolute atomic E-state index is 13.0. The summed E-state index contributed by atoms with van der Waals surface area (Å²) in [7, 11) is 0. The maximum atomic E-state index is 13.0. The van der Waals surface area contributed by atoms with Crippen molar-refractivity contribution in [2.24, 2.45) is 10.2 Å². The van der Waals surface area contributed by atoms with E-state index < -0.39 is 4.92 Å². The molecule has 1 aliphatic heterocycles. The molecule has 0 radical (unpaired) electrons. The second-order valence-corrected chi connectivity index (χ2v) is 8.10. The second kappa shape index (κ2) is 9.15. The quantitative estimate of drug-likeness (QED) is 0.222. The number of nitro benzene ring substituents is 1. The van der Waals surface area contributed by atoms with Gasteiger partial charge in [-0.2, -0.15) is 5.11 Å². The van der Waals surface area contributed by atoms with Gasteiger partial charge in [0.15, 0.2) is 0 Å². The molecule has 0 spiro atoms. The van der Waals surface area contributed by atoms with Crippen LogP contribution in [0.15, 0.2) is 64.8 Å². The van der Waals surface area contributed by atoms with Crippen molar-refractivity contribution in [1.29, 1.82) is 0 Å². The molecule has 1 fully saturated rings. The van der Waals surface area contributed by atoms with Crippen LogP contribution in [0.5, 0.6) is 0 Å². The first-order valence-corrected chi connectivity index (χ1v) is 10.6. The number of hydrogen-bond donors (Lipinski definition) is 0. The van der Waals surface area contributed by atoms with Crippen molar-refractivity contribution >= 4 is 39.2 Å². The average Bonchev–Trinajstić information content (AvgIpc) is 3.23. The van der Waals surface area contributed by atoms with E-state index in [1.54, 1.807) is 18.2 Å². The van der Waals surface area contributed by atoms with Gasteiger partial charge >= 0.3 is 0 Å². The van der Waals surface area contributed by atoms with Crippen molar-refractivity contribution in [2.75, 3.05) is 31.2 Å². The number of azo groups is 1. The Bertz CT molecular complexity index is 1120. The van der Waals surface area contributed by atoms with Gasteiger partial charge in [0.2, 0.25) is 5.78 Å². The maximum Gasteiger partial charge on any atom is 0.269 e. The first-order valence-electron chi connectivity index (χ1n) is 9.75. The van der Waals surface area contributed by atoms with Crippen LogP contribution in [0.1, 0.15) is 20.8 Å². The van der Waals surface area contributed by atoms with E-state index in [9.17, 15) is 14.9 Å². The normalized spacial score (nSPS) is 14.2. The zero-order valence-electron chi connectivity index (χ0n) is 16.9. The van der Waals surface area contributed by atoms with Crippen molar-refractivity contribution in [2.45, 2.75) is 6.92 Å². The van der Waals surface area contributed by atoms with Gasteiger partial charge in [-0.15, -0.1) is 16.5 Å². The molecule has 3 aromatic rings. The molecule has 1 aromatic heterocycles. The molecular formula is C22H20N4O4S. The van der Waals surface area contributed by atoms with E-state index in [2.05, 4.69) is 15.1 Å². The zero-order valence-corrected chi connectivity index (χ0v) is 17.7. The fourth-order valence-electron chi connectivity index (χ4n) is 3.15. The van der Waals surface area contributed by atoms with Gasteiger partial charge in [-0.25, -0.2) is 0 Å². The van der Waals surface area contributed by atoms with Gasteiger partial charge in [-0.3, -0.25) is 14.9 Å². The lowest BCUT2D eigenvalue weighted by atomic mass is 10.1. The first kappa shape index (κ1) is 20.8. The summed E-state index contributed by atoms with van der Waals surface area (Å²) in [5, 5.41) is 20.3. The number of thiophene rings is 1. The molecule has 0 N–H and O–H groups in total. The van der Waals surface area contributed by atoms with Crippen molar-refractivity contribution in [3.63, 3.8) is 0 Å². The monoisotopic (exact) mass is 436 g/mol. The fraction of sp³-hybridized carbons (Fsp3) is 0.227. The number of morpholine rings is 1. The Labute approximate surface area is 183 Å². The van der Waals surface area contributed by atoms with Crippen LogP contribution in [-0.2, 0) is 4.74 Å². The highest BCUT2D eigenvalue weighted by atomic mass is 32.1. The molecule has 1 aliphatic rings. The molecule has 31 heavy (non-hydrogen) atoms. The van der Waals surface area contributed by atoms with Crippen LogP contribution in [0, 0.1) is 17.0 Å². The van der Waals surface area contributed by atoms with Crippen LogP contribution in [0.25, 0.3) is 0 Å². The number of non-ortho nitro benzene ring substituents is 1. The molecular weight excluding hydrogens is 416 g/mol. The van der Waals surface area contributed by atoms with Crippen molar-refractivity contribution in [3.05, 3.63) is 80.7 Å². The van der Waals surface area contributed by atoms with Gasteiger partial charge in [0.05, 0.1) is 28.7 Å². The number of carbonyl (C=O) groups excluding carboxylic acids is 1. The molecule has 0 saturated carbocycles. The summed E-state index contributed by atoms with van der Waals surface area (Å²) in [5.41, 5.74) is 2.81. The number of nitro groups is 1. The Morgan fingerprint density at radius 2 is 1.74 bits per heavy atom. The Morgan fingerprint density at radius 1 is 1.06 bits per heavy atom. The molecule has 8 nitrogen and oxygen atoms in total. The van der Waals surface area contributed by atoms with Crippen LogP contribution in [0.2, 0.25) is 0 Å². The Balaban J connectivity index is 1.65. The summed E-state index contributed by atoms with van der Waals surface area (Å²) in [6.45, 7) is 4.61. The summed E-state index contributed by atoms with van der Waals surface area (Å²) >= 11 is 1.39. The van der Waals surface area contributed by atoms with E-state index in [4.69, 9.17) is 4.74 Å². The van der Waals surface area contributed by atoms with Crippen molar-refractivity contribution in [3.8, 4) is 0 Å². The van der Waals surface area contributed by atoms with Crippen LogP contribution >= 0.6 is 11.3 Å². The van der Waals surface area contributed by atoms with Crippen molar-refractivity contribution < 1.29 is 14.5 Å². The number of benzene rings is 2. The summed E-state index contributed by atoms with van der Waals surface area (Å²) in [6.07, 6.45) is 0. The summed E-state index contributed by atoms with van der Waals surface area (Å²) < 4.78 is 5.44. The summed E-state index contributed by atoms with van der Waals surface area (Å²) in [5.74, 6) is -0.0590. The second-order valence-electron chi connectivity index (χ2n) is 7.07. The number of aryl methyl sites for hydroxylation is 1. The van der Waals surface area contributed by atoms with Gasteiger partial charge in [-0.1, -0.05) is 29.8 Å². The number of rotatable bonds is 6. The van der Waals surface area contributed by atoms with E-state index in [1.165, 1.54) is 23.5 Å². The SMILES string of the molecule is Cc1ccc(C(=O)c2cc(N=Nc3ccc([N+](=O)[O-])cc3)c(N3CCOCC3)s2)cc1. The number of anilines is 1.